The Morgan fingerprint density at radius 2 is 1.74 bits per heavy atom. The van der Waals surface area contributed by atoms with Crippen LogP contribution >= 0.6 is 0 Å². The molecule has 7 nitrogen and oxygen atoms in total. The lowest BCUT2D eigenvalue weighted by Crippen LogP contribution is -2.46. The van der Waals surface area contributed by atoms with Crippen LogP contribution in [0.4, 0.5) is 5.69 Å². The summed E-state index contributed by atoms with van der Waals surface area (Å²) in [5.74, 6) is -0.372. The highest BCUT2D eigenvalue weighted by molar-refractivity contribution is 5.94. The van der Waals surface area contributed by atoms with Gasteiger partial charge < -0.3 is 15.5 Å². The number of fused-ring (bicyclic) bond motifs is 1. The van der Waals surface area contributed by atoms with Crippen molar-refractivity contribution < 1.29 is 14.4 Å². The largest absolute Gasteiger partial charge is 0.352 e. The van der Waals surface area contributed by atoms with E-state index in [1.54, 1.807) is 19.0 Å². The highest BCUT2D eigenvalue weighted by atomic mass is 16.2. The van der Waals surface area contributed by atoms with Crippen LogP contribution in [0.25, 0.3) is 0 Å². The molecule has 0 spiro atoms. The molecular formula is C27H34N4O3. The molecular weight excluding hydrogens is 428 g/mol. The van der Waals surface area contributed by atoms with Gasteiger partial charge in [0.25, 0.3) is 0 Å². The molecule has 2 N–H and O–H groups in total. The molecule has 2 aliphatic rings. The monoisotopic (exact) mass is 462 g/mol. The quantitative estimate of drug-likeness (QED) is 0.692. The molecule has 1 heterocycles. The standard InChI is InChI=1S/C27H34N4O3/c1-18(32)28-23-16-24(27(34)30(2)3)31(26(23)20-11-5-4-6-12-20)17-25(33)29-22-15-9-13-19-10-7-8-14-21(19)22/h4-6,9,11-13,15,23-24,26H,7-8,10,14,16-17H2,1-3H3,(H,28,32)(H,29,33)/t23-,24-,26-/m0/s1. The van der Waals surface area contributed by atoms with Crippen LogP contribution in [0.2, 0.25) is 0 Å². The van der Waals surface area contributed by atoms with E-state index in [1.807, 2.05) is 47.4 Å². The van der Waals surface area contributed by atoms with Crippen molar-refractivity contribution in [2.75, 3.05) is 26.0 Å². The van der Waals surface area contributed by atoms with Gasteiger partial charge in [-0.05, 0) is 54.9 Å². The summed E-state index contributed by atoms with van der Waals surface area (Å²) in [5, 5.41) is 6.15. The lowest BCUT2D eigenvalue weighted by atomic mass is 9.90. The lowest BCUT2D eigenvalue weighted by Gasteiger charge is -2.32. The first-order chi connectivity index (χ1) is 16.3. The van der Waals surface area contributed by atoms with Crippen LogP contribution in [0.5, 0.6) is 0 Å². The van der Waals surface area contributed by atoms with Gasteiger partial charge in [-0.25, -0.2) is 0 Å². The Balaban J connectivity index is 1.63. The minimum atomic E-state index is -0.507. The molecule has 34 heavy (non-hydrogen) atoms. The van der Waals surface area contributed by atoms with Gasteiger partial charge in [-0.15, -0.1) is 0 Å². The third kappa shape index (κ3) is 5.14. The number of amides is 3. The predicted octanol–water partition coefficient (Wildman–Crippen LogP) is 2.91. The highest BCUT2D eigenvalue weighted by Crippen LogP contribution is 2.37. The van der Waals surface area contributed by atoms with E-state index in [0.717, 1.165) is 30.5 Å². The second-order valence-corrected chi connectivity index (χ2v) is 9.52. The predicted molar refractivity (Wildman–Crippen MR) is 132 cm³/mol. The normalized spacial score (nSPS) is 22.0. The number of likely N-dealkylation sites (tertiary alicyclic amines) is 1. The molecule has 1 fully saturated rings. The van der Waals surface area contributed by atoms with Crippen molar-refractivity contribution in [3.63, 3.8) is 0 Å². The Hall–Kier alpha value is -3.19. The maximum absolute atomic E-state index is 13.3. The molecule has 4 rings (SSSR count). The van der Waals surface area contributed by atoms with Crippen LogP contribution in [0.3, 0.4) is 0 Å². The van der Waals surface area contributed by atoms with Crippen LogP contribution in [-0.2, 0) is 27.2 Å². The van der Waals surface area contributed by atoms with E-state index in [2.05, 4.69) is 16.7 Å². The zero-order valence-corrected chi connectivity index (χ0v) is 20.2. The van der Waals surface area contributed by atoms with E-state index in [9.17, 15) is 14.4 Å². The zero-order valence-electron chi connectivity index (χ0n) is 20.2. The average Bonchev–Trinajstić information content (AvgIpc) is 3.15. The molecule has 0 bridgehead atoms. The summed E-state index contributed by atoms with van der Waals surface area (Å²) in [7, 11) is 3.44. The van der Waals surface area contributed by atoms with Crippen LogP contribution in [0.15, 0.2) is 48.5 Å². The van der Waals surface area contributed by atoms with Crippen molar-refractivity contribution in [1.29, 1.82) is 0 Å². The second-order valence-electron chi connectivity index (χ2n) is 9.52. The molecule has 0 saturated carbocycles. The van der Waals surface area contributed by atoms with Gasteiger partial charge >= 0.3 is 0 Å². The molecule has 0 unspecified atom stereocenters. The first kappa shape index (κ1) is 24.0. The molecule has 1 saturated heterocycles. The number of carbonyl (C=O) groups excluding carboxylic acids is 3. The molecule has 2 aromatic rings. The number of benzene rings is 2. The number of hydrogen-bond donors (Lipinski definition) is 2. The third-order valence-electron chi connectivity index (χ3n) is 6.87. The molecule has 3 amide bonds. The maximum atomic E-state index is 13.3. The summed E-state index contributed by atoms with van der Waals surface area (Å²) in [6, 6.07) is 14.8. The number of anilines is 1. The van der Waals surface area contributed by atoms with Gasteiger partial charge in [-0.2, -0.15) is 0 Å². The molecule has 3 atom stereocenters. The Morgan fingerprint density at radius 1 is 1.00 bits per heavy atom. The second kappa shape index (κ2) is 10.4. The van der Waals surface area contributed by atoms with Crippen LogP contribution in [0, 0.1) is 0 Å². The van der Waals surface area contributed by atoms with Gasteiger partial charge in [0.15, 0.2) is 0 Å². The fourth-order valence-electron chi connectivity index (χ4n) is 5.41. The molecule has 1 aliphatic carbocycles. The van der Waals surface area contributed by atoms with Crippen molar-refractivity contribution in [1.82, 2.24) is 15.1 Å². The van der Waals surface area contributed by atoms with Crippen LogP contribution in [-0.4, -0.2) is 60.2 Å². The maximum Gasteiger partial charge on any atom is 0.239 e. The van der Waals surface area contributed by atoms with Crippen molar-refractivity contribution in [3.8, 4) is 0 Å². The average molecular weight is 463 g/mol. The Kier molecular flexibility index (Phi) is 7.32. The Bertz CT molecular complexity index is 1050. The van der Waals surface area contributed by atoms with Gasteiger partial charge in [0, 0.05) is 26.7 Å². The Morgan fingerprint density at radius 3 is 2.44 bits per heavy atom. The van der Waals surface area contributed by atoms with E-state index in [-0.39, 0.29) is 36.3 Å². The number of likely N-dealkylation sites (N-methyl/N-ethyl adjacent to an activating group) is 1. The topological polar surface area (TPSA) is 81.8 Å². The summed E-state index contributed by atoms with van der Waals surface area (Å²) in [6.07, 6.45) is 4.76. The summed E-state index contributed by atoms with van der Waals surface area (Å²) in [5.41, 5.74) is 4.37. The number of rotatable bonds is 6. The smallest absolute Gasteiger partial charge is 0.239 e. The summed E-state index contributed by atoms with van der Waals surface area (Å²) in [4.78, 5) is 42.0. The van der Waals surface area contributed by atoms with Crippen LogP contribution < -0.4 is 10.6 Å². The van der Waals surface area contributed by atoms with Crippen LogP contribution in [0.1, 0.15) is 48.9 Å². The first-order valence-corrected chi connectivity index (χ1v) is 12.0. The van der Waals surface area contributed by atoms with Gasteiger partial charge in [0.2, 0.25) is 17.7 Å². The van der Waals surface area contributed by atoms with Crippen molar-refractivity contribution >= 4 is 23.4 Å². The van der Waals surface area contributed by atoms with Gasteiger partial charge in [0.1, 0.15) is 0 Å². The molecule has 0 radical (unpaired) electrons. The number of hydrogen-bond acceptors (Lipinski definition) is 4. The lowest BCUT2D eigenvalue weighted by molar-refractivity contribution is -0.134. The minimum Gasteiger partial charge on any atom is -0.352 e. The van der Waals surface area contributed by atoms with E-state index in [0.29, 0.717) is 6.42 Å². The number of nitrogens with one attached hydrogen (secondary N) is 2. The zero-order chi connectivity index (χ0) is 24.2. The van der Waals surface area contributed by atoms with Gasteiger partial charge in [-0.1, -0.05) is 42.5 Å². The molecule has 7 heteroatoms. The molecule has 2 aromatic carbocycles. The molecule has 1 aliphatic heterocycles. The van der Waals surface area contributed by atoms with E-state index in [4.69, 9.17) is 0 Å². The number of nitrogens with zero attached hydrogens (tertiary/aromatic N) is 2. The number of aryl methyl sites for hydroxylation is 1. The fraction of sp³-hybridized carbons (Fsp3) is 0.444. The van der Waals surface area contributed by atoms with Crippen molar-refractivity contribution in [2.45, 2.75) is 57.2 Å². The van der Waals surface area contributed by atoms with Gasteiger partial charge in [-0.3, -0.25) is 19.3 Å². The van der Waals surface area contributed by atoms with Crippen molar-refractivity contribution in [3.05, 3.63) is 65.2 Å². The SMILES string of the molecule is CC(=O)N[C@H]1C[C@@H](C(=O)N(C)C)N(CC(=O)Nc2cccc3c2CCCC3)[C@H]1c1ccccc1. The summed E-state index contributed by atoms with van der Waals surface area (Å²) < 4.78 is 0. The highest BCUT2D eigenvalue weighted by Gasteiger charge is 2.46. The Labute approximate surface area is 201 Å². The first-order valence-electron chi connectivity index (χ1n) is 12.0. The van der Waals surface area contributed by atoms with Gasteiger partial charge in [0.05, 0.1) is 24.7 Å². The van der Waals surface area contributed by atoms with E-state index >= 15 is 0 Å². The fourth-order valence-corrected chi connectivity index (χ4v) is 5.41. The van der Waals surface area contributed by atoms with Crippen molar-refractivity contribution in [2.24, 2.45) is 0 Å². The van der Waals surface area contributed by atoms with E-state index in [1.165, 1.54) is 24.5 Å². The third-order valence-corrected chi connectivity index (χ3v) is 6.87. The molecule has 0 aromatic heterocycles. The minimum absolute atomic E-state index is 0.0591. The summed E-state index contributed by atoms with van der Waals surface area (Å²) >= 11 is 0. The van der Waals surface area contributed by atoms with E-state index < -0.39 is 6.04 Å². The summed E-state index contributed by atoms with van der Waals surface area (Å²) in [6.45, 7) is 1.54. The molecule has 180 valence electrons. The number of carbonyl (C=O) groups is 3.